The molecule has 13 heteroatoms. The molecule has 6 unspecified atom stereocenters. The van der Waals surface area contributed by atoms with Crippen LogP contribution in [0.25, 0.3) is 0 Å². The first-order valence-electron chi connectivity index (χ1n) is 8.70. The molecule has 0 aromatic carbocycles. The second-order valence-corrected chi connectivity index (χ2v) is 7.22. The summed E-state index contributed by atoms with van der Waals surface area (Å²) in [7, 11) is 4.04. The Kier molecular flexibility index (Phi) is 10.1. The van der Waals surface area contributed by atoms with E-state index in [0.29, 0.717) is 6.54 Å². The van der Waals surface area contributed by atoms with Crippen LogP contribution in [0.2, 0.25) is 0 Å². The molecule has 0 radical (unpaired) electrons. The molecule has 11 nitrogen and oxygen atoms in total. The Labute approximate surface area is 167 Å². The molecule has 0 saturated carbocycles. The standard InChI is InChI=1S/C15H29NO10P2/c1-2-3-16-14-11(20)10(19)13(7(24-14)5-23-28)26-15-12(21)9(18)8(17)6(25-15)4-22-27/h2,6-21H,1,3-5,27-28H2/t6?,7-,8+,9+,10?,11?,12?,13-,14+,15+/m1/s1. The van der Waals surface area contributed by atoms with Crippen LogP contribution in [0.4, 0.5) is 0 Å². The van der Waals surface area contributed by atoms with E-state index >= 15 is 0 Å². The third-order valence-corrected chi connectivity index (χ3v) is 5.01. The molecule has 2 fully saturated rings. The number of aliphatic hydroxyl groups is 5. The predicted molar refractivity (Wildman–Crippen MR) is 102 cm³/mol. The molecule has 6 N–H and O–H groups in total. The van der Waals surface area contributed by atoms with Crippen LogP contribution in [0.1, 0.15) is 0 Å². The first kappa shape index (κ1) is 24.4. The molecule has 2 heterocycles. The zero-order valence-electron chi connectivity index (χ0n) is 15.1. The van der Waals surface area contributed by atoms with Gasteiger partial charge in [0, 0.05) is 25.5 Å². The van der Waals surface area contributed by atoms with E-state index in [4.69, 9.17) is 23.3 Å². The van der Waals surface area contributed by atoms with Crippen molar-refractivity contribution in [1.29, 1.82) is 0 Å². The van der Waals surface area contributed by atoms with E-state index in [1.165, 1.54) is 0 Å². The van der Waals surface area contributed by atoms with Crippen molar-refractivity contribution in [3.63, 3.8) is 0 Å². The van der Waals surface area contributed by atoms with E-state index in [0.717, 1.165) is 0 Å². The first-order valence-corrected chi connectivity index (χ1v) is 9.64. The minimum Gasteiger partial charge on any atom is -0.387 e. The first-order chi connectivity index (χ1) is 13.3. The third-order valence-electron chi connectivity index (χ3n) is 4.63. The molecule has 0 aromatic rings. The highest BCUT2D eigenvalue weighted by Crippen LogP contribution is 2.29. The molecule has 2 saturated heterocycles. The van der Waals surface area contributed by atoms with E-state index in [1.54, 1.807) is 6.08 Å². The van der Waals surface area contributed by atoms with Gasteiger partial charge in [0.05, 0.1) is 13.2 Å². The average molecular weight is 445 g/mol. The summed E-state index contributed by atoms with van der Waals surface area (Å²) in [5, 5.41) is 54.0. The number of rotatable bonds is 9. The van der Waals surface area contributed by atoms with Gasteiger partial charge in [0.2, 0.25) is 0 Å². The Balaban J connectivity index is 2.13. The smallest absolute Gasteiger partial charge is 0.187 e. The van der Waals surface area contributed by atoms with Gasteiger partial charge in [-0.1, -0.05) is 6.08 Å². The lowest BCUT2D eigenvalue weighted by Crippen LogP contribution is -2.66. The largest absolute Gasteiger partial charge is 0.387 e. The summed E-state index contributed by atoms with van der Waals surface area (Å²) in [5.74, 6) is 0. The minimum atomic E-state index is -1.60. The lowest BCUT2D eigenvalue weighted by Gasteiger charge is -2.46. The van der Waals surface area contributed by atoms with Gasteiger partial charge in [-0.15, -0.1) is 6.58 Å². The predicted octanol–water partition coefficient (Wildman–Crippen LogP) is -2.99. The van der Waals surface area contributed by atoms with Crippen molar-refractivity contribution >= 4 is 18.9 Å². The second-order valence-electron chi connectivity index (χ2n) is 6.56. The Bertz CT molecular complexity index is 492. The summed E-state index contributed by atoms with van der Waals surface area (Å²) < 4.78 is 26.7. The van der Waals surface area contributed by atoms with Crippen molar-refractivity contribution in [3.8, 4) is 0 Å². The van der Waals surface area contributed by atoms with Crippen molar-refractivity contribution in [2.75, 3.05) is 19.8 Å². The molecule has 0 aliphatic carbocycles. The maximum Gasteiger partial charge on any atom is 0.187 e. The average Bonchev–Trinajstić information content (AvgIpc) is 2.68. The maximum atomic E-state index is 10.5. The molecule has 164 valence electrons. The SMILES string of the molecule is C=CCN[C@H]1O[C@H](COP)[C@@H](O[C@@H]2OC(COP)[C@H](O)[C@H](O)C2O)C(O)C1O. The van der Waals surface area contributed by atoms with E-state index in [-0.39, 0.29) is 13.2 Å². The fourth-order valence-electron chi connectivity index (χ4n) is 3.12. The molecule has 2 aliphatic heterocycles. The molecule has 2 rings (SSSR count). The highest BCUT2D eigenvalue weighted by molar-refractivity contribution is 7.10. The van der Waals surface area contributed by atoms with Gasteiger partial charge in [-0.2, -0.15) is 0 Å². The van der Waals surface area contributed by atoms with Gasteiger partial charge in [-0.05, 0) is 0 Å². The van der Waals surface area contributed by atoms with Gasteiger partial charge in [-0.3, -0.25) is 5.32 Å². The van der Waals surface area contributed by atoms with Gasteiger partial charge >= 0.3 is 0 Å². The molecule has 28 heavy (non-hydrogen) atoms. The summed E-state index contributed by atoms with van der Waals surface area (Å²) in [6.07, 6.45) is -11.1. The van der Waals surface area contributed by atoms with Crippen molar-refractivity contribution in [3.05, 3.63) is 12.7 Å². The maximum absolute atomic E-state index is 10.5. The van der Waals surface area contributed by atoms with Crippen LogP contribution in [0.15, 0.2) is 12.7 Å². The molecule has 2 aliphatic rings. The zero-order valence-corrected chi connectivity index (χ0v) is 17.4. The van der Waals surface area contributed by atoms with Crippen LogP contribution in [0.3, 0.4) is 0 Å². The molecular formula is C15H29NO10P2. The highest BCUT2D eigenvalue weighted by Gasteiger charge is 2.50. The quantitative estimate of drug-likeness (QED) is 0.159. The van der Waals surface area contributed by atoms with Crippen LogP contribution >= 0.6 is 18.9 Å². The summed E-state index contributed by atoms with van der Waals surface area (Å²) in [6.45, 7) is 3.79. The molecule has 0 amide bonds. The summed E-state index contributed by atoms with van der Waals surface area (Å²) in [4.78, 5) is 0. The van der Waals surface area contributed by atoms with Crippen molar-refractivity contribution in [1.82, 2.24) is 5.32 Å². The zero-order chi connectivity index (χ0) is 20.8. The molecule has 0 spiro atoms. The summed E-state index contributed by atoms with van der Waals surface area (Å²) in [6, 6.07) is 0. The molecule has 0 bridgehead atoms. The van der Waals surface area contributed by atoms with Crippen molar-refractivity contribution in [2.45, 2.75) is 61.3 Å². The number of hydrogen-bond donors (Lipinski definition) is 6. The Morgan fingerprint density at radius 1 is 0.857 bits per heavy atom. The Morgan fingerprint density at radius 2 is 1.50 bits per heavy atom. The van der Waals surface area contributed by atoms with Crippen molar-refractivity contribution in [2.24, 2.45) is 0 Å². The van der Waals surface area contributed by atoms with Gasteiger partial charge < -0.3 is 48.8 Å². The van der Waals surface area contributed by atoms with Gasteiger partial charge in [0.1, 0.15) is 55.1 Å². The fourth-order valence-corrected chi connectivity index (χ4v) is 3.50. The van der Waals surface area contributed by atoms with Crippen LogP contribution in [-0.4, -0.2) is 107 Å². The van der Waals surface area contributed by atoms with E-state index in [9.17, 15) is 25.5 Å². The highest BCUT2D eigenvalue weighted by atomic mass is 31.0. The number of hydrogen-bond acceptors (Lipinski definition) is 11. The number of aliphatic hydroxyl groups excluding tert-OH is 5. The lowest BCUT2D eigenvalue weighted by molar-refractivity contribution is -0.342. The van der Waals surface area contributed by atoms with E-state index < -0.39 is 61.3 Å². The minimum absolute atomic E-state index is 0.0164. The number of ether oxygens (including phenoxy) is 3. The number of nitrogens with one attached hydrogen (secondary N) is 1. The molecular weight excluding hydrogens is 416 g/mol. The van der Waals surface area contributed by atoms with Gasteiger partial charge in [0.25, 0.3) is 0 Å². The van der Waals surface area contributed by atoms with Crippen LogP contribution < -0.4 is 5.32 Å². The van der Waals surface area contributed by atoms with Gasteiger partial charge in [0.15, 0.2) is 6.29 Å². The fraction of sp³-hybridized carbons (Fsp3) is 0.867. The summed E-state index contributed by atoms with van der Waals surface area (Å²) >= 11 is 0. The molecule has 12 atom stereocenters. The van der Waals surface area contributed by atoms with Gasteiger partial charge in [-0.25, -0.2) is 0 Å². The third kappa shape index (κ3) is 5.65. The lowest BCUT2D eigenvalue weighted by atomic mass is 9.96. The Hall–Kier alpha value is 0.160. The van der Waals surface area contributed by atoms with E-state index in [1.807, 2.05) is 18.9 Å². The topological polar surface area (TPSA) is 159 Å². The normalized spacial score (nSPS) is 44.4. The monoisotopic (exact) mass is 445 g/mol. The Morgan fingerprint density at radius 3 is 2.11 bits per heavy atom. The van der Waals surface area contributed by atoms with Crippen LogP contribution in [-0.2, 0) is 23.3 Å². The molecule has 0 aromatic heterocycles. The van der Waals surface area contributed by atoms with Crippen LogP contribution in [0, 0.1) is 0 Å². The summed E-state index contributed by atoms with van der Waals surface area (Å²) in [5.41, 5.74) is 0. The second kappa shape index (κ2) is 11.5. The van der Waals surface area contributed by atoms with Crippen LogP contribution in [0.5, 0.6) is 0 Å². The van der Waals surface area contributed by atoms with E-state index in [2.05, 4.69) is 11.9 Å². The van der Waals surface area contributed by atoms with Crippen molar-refractivity contribution < 1.29 is 48.8 Å².